The number of aliphatic hydroxyl groups is 1. The first-order valence-electron chi connectivity index (χ1n) is 6.03. The van der Waals surface area contributed by atoms with Gasteiger partial charge in [-0.15, -0.1) is 0 Å². The second-order valence-electron chi connectivity index (χ2n) is 4.97. The highest BCUT2D eigenvalue weighted by Gasteiger charge is 2.44. The summed E-state index contributed by atoms with van der Waals surface area (Å²) in [6.07, 6.45) is 7.63. The van der Waals surface area contributed by atoms with E-state index in [1.54, 1.807) is 0 Å². The van der Waals surface area contributed by atoms with Crippen LogP contribution >= 0.6 is 0 Å². The number of hydrogen-bond donors (Lipinski definition) is 1. The molecule has 3 heteroatoms. The van der Waals surface area contributed by atoms with Gasteiger partial charge in [0.05, 0.1) is 13.2 Å². The van der Waals surface area contributed by atoms with Gasteiger partial charge in [-0.05, 0) is 24.7 Å². The Labute approximate surface area is 90.7 Å². The average Bonchev–Trinajstić information content (AvgIpc) is 2.91. The van der Waals surface area contributed by atoms with E-state index in [4.69, 9.17) is 9.84 Å². The van der Waals surface area contributed by atoms with Gasteiger partial charge < -0.3 is 9.84 Å². The van der Waals surface area contributed by atoms with E-state index >= 15 is 0 Å². The summed E-state index contributed by atoms with van der Waals surface area (Å²) in [6.45, 7) is 2.84. The Morgan fingerprint density at radius 3 is 2.93 bits per heavy atom. The fraction of sp³-hybridized carbons (Fsp3) is 0.833. The van der Waals surface area contributed by atoms with Gasteiger partial charge in [0.15, 0.2) is 0 Å². The number of rotatable bonds is 3. The fourth-order valence-electron chi connectivity index (χ4n) is 3.44. The molecule has 1 aliphatic heterocycles. The van der Waals surface area contributed by atoms with Gasteiger partial charge in [-0.25, -0.2) is 0 Å². The van der Waals surface area contributed by atoms with Crippen molar-refractivity contribution in [2.24, 2.45) is 17.8 Å². The van der Waals surface area contributed by atoms with Gasteiger partial charge in [-0.3, -0.25) is 4.90 Å². The molecule has 4 atom stereocenters. The molecule has 84 valence electrons. The van der Waals surface area contributed by atoms with Crippen LogP contribution in [0.15, 0.2) is 12.2 Å². The number of ether oxygens (including phenoxy) is 1. The maximum Gasteiger partial charge on any atom is 0.114 e. The third kappa shape index (κ3) is 1.63. The summed E-state index contributed by atoms with van der Waals surface area (Å²) < 4.78 is 5.84. The van der Waals surface area contributed by atoms with E-state index in [0.29, 0.717) is 5.92 Å². The van der Waals surface area contributed by atoms with Crippen LogP contribution in [0, 0.1) is 17.8 Å². The molecule has 1 heterocycles. The van der Waals surface area contributed by atoms with E-state index < -0.39 is 0 Å². The third-order valence-electron chi connectivity index (χ3n) is 4.11. The van der Waals surface area contributed by atoms with Gasteiger partial charge in [-0.2, -0.15) is 0 Å². The van der Waals surface area contributed by atoms with Crippen LogP contribution in [0.25, 0.3) is 0 Å². The maximum absolute atomic E-state index is 9.01. The molecule has 1 N–H and O–H groups in total. The Bertz CT molecular complexity index is 266. The third-order valence-corrected chi connectivity index (χ3v) is 4.11. The Kier molecular flexibility index (Phi) is 2.54. The molecule has 3 nitrogen and oxygen atoms in total. The maximum atomic E-state index is 9.01. The quantitative estimate of drug-likeness (QED) is 0.699. The molecule has 3 rings (SSSR count). The SMILES string of the molecule is OCCN1CCO[C@H]1[C@H]1C[C@H]2C=C[C@H]1C2. The Morgan fingerprint density at radius 1 is 1.33 bits per heavy atom. The van der Waals surface area contributed by atoms with Crippen LogP contribution in [-0.4, -0.2) is 42.5 Å². The zero-order chi connectivity index (χ0) is 10.3. The summed E-state index contributed by atoms with van der Waals surface area (Å²) in [7, 11) is 0. The summed E-state index contributed by atoms with van der Waals surface area (Å²) in [6, 6.07) is 0. The Balaban J connectivity index is 1.68. The molecule has 0 amide bonds. The first-order valence-corrected chi connectivity index (χ1v) is 6.03. The van der Waals surface area contributed by atoms with Crippen molar-refractivity contribution in [2.45, 2.75) is 19.1 Å². The molecule has 0 aromatic heterocycles. The van der Waals surface area contributed by atoms with E-state index in [9.17, 15) is 0 Å². The number of aliphatic hydroxyl groups excluding tert-OH is 1. The van der Waals surface area contributed by atoms with Crippen molar-refractivity contribution in [1.82, 2.24) is 4.90 Å². The number of β-amino-alcohol motifs (C(OH)–C–C–N with tert-alkyl or cyclic N) is 1. The van der Waals surface area contributed by atoms with E-state index in [-0.39, 0.29) is 12.8 Å². The molecule has 0 spiro atoms. The molecule has 0 unspecified atom stereocenters. The molecule has 15 heavy (non-hydrogen) atoms. The number of nitrogens with zero attached hydrogens (tertiary/aromatic N) is 1. The van der Waals surface area contributed by atoms with Gasteiger partial charge in [0, 0.05) is 19.0 Å². The molecule has 1 saturated carbocycles. The predicted molar refractivity (Wildman–Crippen MR) is 57.2 cm³/mol. The zero-order valence-electron chi connectivity index (χ0n) is 9.01. The topological polar surface area (TPSA) is 32.7 Å². The van der Waals surface area contributed by atoms with Gasteiger partial charge >= 0.3 is 0 Å². The van der Waals surface area contributed by atoms with E-state index in [0.717, 1.165) is 31.5 Å². The van der Waals surface area contributed by atoms with Gasteiger partial charge in [0.1, 0.15) is 6.23 Å². The zero-order valence-corrected chi connectivity index (χ0v) is 9.01. The lowest BCUT2D eigenvalue weighted by Gasteiger charge is -2.30. The monoisotopic (exact) mass is 209 g/mol. The second kappa shape index (κ2) is 3.89. The first kappa shape index (κ1) is 9.82. The number of fused-ring (bicyclic) bond motifs is 2. The highest BCUT2D eigenvalue weighted by Crippen LogP contribution is 2.46. The minimum Gasteiger partial charge on any atom is -0.395 e. The lowest BCUT2D eigenvalue weighted by Crippen LogP contribution is -2.39. The van der Waals surface area contributed by atoms with Crippen LogP contribution in [0.1, 0.15) is 12.8 Å². The molecule has 0 radical (unpaired) electrons. The van der Waals surface area contributed by atoms with Crippen LogP contribution in [0.3, 0.4) is 0 Å². The van der Waals surface area contributed by atoms with Crippen molar-refractivity contribution < 1.29 is 9.84 Å². The standard InChI is InChI=1S/C12H19NO2/c14-5-3-13-4-6-15-12(13)11-8-9-1-2-10(11)7-9/h1-2,9-12,14H,3-8H2/t9-,10-,11-,12-/m0/s1. The van der Waals surface area contributed by atoms with Crippen LogP contribution in [0.2, 0.25) is 0 Å². The van der Waals surface area contributed by atoms with E-state index in [2.05, 4.69) is 17.1 Å². The largest absolute Gasteiger partial charge is 0.395 e. The van der Waals surface area contributed by atoms with Crippen molar-refractivity contribution >= 4 is 0 Å². The highest BCUT2D eigenvalue weighted by atomic mass is 16.5. The van der Waals surface area contributed by atoms with Crippen LogP contribution in [0.4, 0.5) is 0 Å². The van der Waals surface area contributed by atoms with E-state index in [1.165, 1.54) is 12.8 Å². The van der Waals surface area contributed by atoms with Crippen molar-refractivity contribution in [3.05, 3.63) is 12.2 Å². The first-order chi connectivity index (χ1) is 7.38. The Morgan fingerprint density at radius 2 is 2.27 bits per heavy atom. The normalized spacial score (nSPS) is 44.3. The summed E-state index contributed by atoms with van der Waals surface area (Å²) in [5.74, 6) is 2.22. The molecular weight excluding hydrogens is 190 g/mol. The van der Waals surface area contributed by atoms with E-state index in [1.807, 2.05) is 0 Å². The lowest BCUT2D eigenvalue weighted by molar-refractivity contribution is -0.0264. The molecule has 3 aliphatic rings. The molecule has 1 saturated heterocycles. The van der Waals surface area contributed by atoms with Crippen LogP contribution in [0.5, 0.6) is 0 Å². The second-order valence-corrected chi connectivity index (χ2v) is 4.97. The molecule has 0 aromatic rings. The molecule has 2 fully saturated rings. The van der Waals surface area contributed by atoms with Crippen molar-refractivity contribution in [3.63, 3.8) is 0 Å². The van der Waals surface area contributed by atoms with Crippen LogP contribution < -0.4 is 0 Å². The summed E-state index contributed by atoms with van der Waals surface area (Å²) in [5, 5.41) is 9.01. The summed E-state index contributed by atoms with van der Waals surface area (Å²) in [4.78, 5) is 2.30. The predicted octanol–water partition coefficient (Wildman–Crippen LogP) is 0.849. The van der Waals surface area contributed by atoms with Crippen molar-refractivity contribution in [1.29, 1.82) is 0 Å². The van der Waals surface area contributed by atoms with Gasteiger partial charge in [0.2, 0.25) is 0 Å². The lowest BCUT2D eigenvalue weighted by atomic mass is 9.91. The van der Waals surface area contributed by atoms with Crippen molar-refractivity contribution in [3.8, 4) is 0 Å². The molecular formula is C12H19NO2. The minimum atomic E-state index is 0.247. The average molecular weight is 209 g/mol. The number of allylic oxidation sites excluding steroid dienone is 2. The van der Waals surface area contributed by atoms with Gasteiger partial charge in [0.25, 0.3) is 0 Å². The summed E-state index contributed by atoms with van der Waals surface area (Å²) in [5.41, 5.74) is 0. The molecule has 2 bridgehead atoms. The smallest absolute Gasteiger partial charge is 0.114 e. The van der Waals surface area contributed by atoms with Crippen molar-refractivity contribution in [2.75, 3.05) is 26.3 Å². The Hall–Kier alpha value is -0.380. The minimum absolute atomic E-state index is 0.247. The fourth-order valence-corrected chi connectivity index (χ4v) is 3.44. The highest BCUT2D eigenvalue weighted by molar-refractivity contribution is 5.11. The number of hydrogen-bond acceptors (Lipinski definition) is 3. The summed E-state index contributed by atoms with van der Waals surface area (Å²) >= 11 is 0. The molecule has 2 aliphatic carbocycles. The van der Waals surface area contributed by atoms with Crippen LogP contribution in [-0.2, 0) is 4.74 Å². The van der Waals surface area contributed by atoms with Gasteiger partial charge in [-0.1, -0.05) is 12.2 Å². The molecule has 0 aromatic carbocycles.